The lowest BCUT2D eigenvalue weighted by Gasteiger charge is -2.44. The zero-order valence-electron chi connectivity index (χ0n) is 6.68. The molecule has 0 aliphatic carbocycles. The fraction of sp³-hybridized carbons (Fsp3) is 1.00. The predicted molar refractivity (Wildman–Crippen MR) is 49.5 cm³/mol. The van der Waals surface area contributed by atoms with Crippen molar-refractivity contribution in [3.63, 3.8) is 0 Å². The second-order valence-corrected chi connectivity index (χ2v) is 2.99. The van der Waals surface area contributed by atoms with E-state index < -0.39 is 0 Å². The van der Waals surface area contributed by atoms with Crippen LogP contribution < -0.4 is 5.32 Å². The van der Waals surface area contributed by atoms with E-state index in [1.807, 2.05) is 0 Å². The molecule has 0 bridgehead atoms. The predicted octanol–water partition coefficient (Wildman–Crippen LogP) is 0.753. The minimum absolute atomic E-state index is 0. The van der Waals surface area contributed by atoms with Gasteiger partial charge in [0, 0.05) is 18.6 Å². The van der Waals surface area contributed by atoms with Crippen LogP contribution in [0.2, 0.25) is 0 Å². The first-order valence-electron chi connectivity index (χ1n) is 3.03. The summed E-state index contributed by atoms with van der Waals surface area (Å²) in [4.78, 5) is 2.27. The summed E-state index contributed by atoms with van der Waals surface area (Å²) >= 11 is 0. The van der Waals surface area contributed by atoms with Crippen molar-refractivity contribution < 1.29 is 0 Å². The Morgan fingerprint density at radius 3 is 1.60 bits per heavy atom. The maximum atomic E-state index is 3.24. The SMILES string of the molecule is CN(C)C1(C)CNC1.Cl.Cl. The van der Waals surface area contributed by atoms with Crippen LogP contribution in [0.4, 0.5) is 0 Å². The van der Waals surface area contributed by atoms with Crippen LogP contribution in [0, 0.1) is 0 Å². The molecule has 0 aromatic heterocycles. The average molecular weight is 187 g/mol. The van der Waals surface area contributed by atoms with Crippen LogP contribution in [0.5, 0.6) is 0 Å². The highest BCUT2D eigenvalue weighted by Crippen LogP contribution is 2.14. The number of hydrogen-bond acceptors (Lipinski definition) is 2. The number of nitrogens with zero attached hydrogens (tertiary/aromatic N) is 1. The van der Waals surface area contributed by atoms with Crippen molar-refractivity contribution in [2.45, 2.75) is 12.5 Å². The highest BCUT2D eigenvalue weighted by Gasteiger charge is 2.33. The molecule has 0 aromatic carbocycles. The van der Waals surface area contributed by atoms with Crippen LogP contribution in [0.1, 0.15) is 6.92 Å². The molecule has 4 heteroatoms. The van der Waals surface area contributed by atoms with E-state index in [1.54, 1.807) is 0 Å². The first-order chi connectivity index (χ1) is 3.65. The van der Waals surface area contributed by atoms with Crippen molar-refractivity contribution in [3.05, 3.63) is 0 Å². The average Bonchev–Trinajstić information content (AvgIpc) is 1.60. The molecule has 0 amide bonds. The van der Waals surface area contributed by atoms with Gasteiger partial charge in [-0.3, -0.25) is 0 Å². The molecule has 1 heterocycles. The van der Waals surface area contributed by atoms with E-state index in [0.29, 0.717) is 5.54 Å². The maximum Gasteiger partial charge on any atom is 0.0423 e. The van der Waals surface area contributed by atoms with Crippen molar-refractivity contribution in [1.29, 1.82) is 0 Å². The van der Waals surface area contributed by atoms with E-state index in [1.165, 1.54) is 0 Å². The van der Waals surface area contributed by atoms with Crippen molar-refractivity contribution in [2.24, 2.45) is 0 Å². The first kappa shape index (κ1) is 13.1. The van der Waals surface area contributed by atoms with Crippen LogP contribution in [-0.4, -0.2) is 37.6 Å². The highest BCUT2D eigenvalue weighted by molar-refractivity contribution is 5.85. The van der Waals surface area contributed by atoms with Gasteiger partial charge < -0.3 is 10.2 Å². The van der Waals surface area contributed by atoms with Crippen molar-refractivity contribution in [1.82, 2.24) is 10.2 Å². The monoisotopic (exact) mass is 186 g/mol. The zero-order chi connectivity index (χ0) is 6.20. The molecule has 0 aromatic rings. The number of likely N-dealkylation sites (N-methyl/N-ethyl adjacent to an activating group) is 1. The molecule has 0 spiro atoms. The minimum atomic E-state index is 0. The van der Waals surface area contributed by atoms with Crippen LogP contribution in [0.15, 0.2) is 0 Å². The first-order valence-corrected chi connectivity index (χ1v) is 3.03. The summed E-state index contributed by atoms with van der Waals surface area (Å²) in [6.45, 7) is 4.55. The number of nitrogens with one attached hydrogen (secondary N) is 1. The summed E-state index contributed by atoms with van der Waals surface area (Å²) in [7, 11) is 4.25. The van der Waals surface area contributed by atoms with Gasteiger partial charge in [0.05, 0.1) is 0 Å². The molecule has 1 aliphatic rings. The summed E-state index contributed by atoms with van der Waals surface area (Å²) in [5.74, 6) is 0. The Hall–Kier alpha value is 0.500. The van der Waals surface area contributed by atoms with E-state index in [-0.39, 0.29) is 24.8 Å². The molecule has 64 valence electrons. The normalized spacial score (nSPS) is 20.4. The highest BCUT2D eigenvalue weighted by atomic mass is 35.5. The Balaban J connectivity index is 0. The van der Waals surface area contributed by atoms with Gasteiger partial charge in [0.25, 0.3) is 0 Å². The van der Waals surface area contributed by atoms with Gasteiger partial charge in [-0.1, -0.05) is 0 Å². The second kappa shape index (κ2) is 4.39. The molecular formula is C6H16Cl2N2. The Labute approximate surface area is 75.2 Å². The van der Waals surface area contributed by atoms with Gasteiger partial charge in [-0.2, -0.15) is 0 Å². The third-order valence-corrected chi connectivity index (χ3v) is 2.09. The summed E-state index contributed by atoms with van der Waals surface area (Å²) in [6, 6.07) is 0. The number of halogens is 2. The van der Waals surface area contributed by atoms with Crippen LogP contribution in [0.25, 0.3) is 0 Å². The molecule has 1 N–H and O–H groups in total. The van der Waals surface area contributed by atoms with E-state index in [0.717, 1.165) is 13.1 Å². The van der Waals surface area contributed by atoms with Gasteiger partial charge in [-0.15, -0.1) is 24.8 Å². The number of rotatable bonds is 1. The Morgan fingerprint density at radius 1 is 1.20 bits per heavy atom. The van der Waals surface area contributed by atoms with Gasteiger partial charge in [0.1, 0.15) is 0 Å². The molecule has 1 rings (SSSR count). The van der Waals surface area contributed by atoms with Crippen molar-refractivity contribution in [2.75, 3.05) is 27.2 Å². The van der Waals surface area contributed by atoms with Gasteiger partial charge >= 0.3 is 0 Å². The van der Waals surface area contributed by atoms with Crippen molar-refractivity contribution >= 4 is 24.8 Å². The van der Waals surface area contributed by atoms with E-state index in [2.05, 4.69) is 31.2 Å². The molecular weight excluding hydrogens is 171 g/mol. The largest absolute Gasteiger partial charge is 0.313 e. The number of hydrogen-bond donors (Lipinski definition) is 1. The van der Waals surface area contributed by atoms with Crippen LogP contribution in [-0.2, 0) is 0 Å². The third-order valence-electron chi connectivity index (χ3n) is 2.09. The summed E-state index contributed by atoms with van der Waals surface area (Å²) in [6.07, 6.45) is 0. The third kappa shape index (κ3) is 2.27. The topological polar surface area (TPSA) is 15.3 Å². The summed E-state index contributed by atoms with van der Waals surface area (Å²) in [5, 5.41) is 3.24. The fourth-order valence-electron chi connectivity index (χ4n) is 0.803. The molecule has 1 aliphatic heterocycles. The molecule has 0 atom stereocenters. The molecule has 0 radical (unpaired) electrons. The minimum Gasteiger partial charge on any atom is -0.313 e. The van der Waals surface area contributed by atoms with Gasteiger partial charge in [-0.25, -0.2) is 0 Å². The summed E-state index contributed by atoms with van der Waals surface area (Å²) in [5.41, 5.74) is 0.444. The molecule has 2 nitrogen and oxygen atoms in total. The zero-order valence-corrected chi connectivity index (χ0v) is 8.31. The van der Waals surface area contributed by atoms with Crippen LogP contribution >= 0.6 is 24.8 Å². The lowest BCUT2D eigenvalue weighted by molar-refractivity contribution is 0.106. The van der Waals surface area contributed by atoms with Gasteiger partial charge in [-0.05, 0) is 21.0 Å². The Morgan fingerprint density at radius 2 is 1.60 bits per heavy atom. The standard InChI is InChI=1S/C6H14N2.2ClH/c1-6(8(2)3)4-7-5-6;;/h7H,4-5H2,1-3H3;2*1H. The maximum absolute atomic E-state index is 3.24. The molecule has 1 fully saturated rings. The van der Waals surface area contributed by atoms with Crippen LogP contribution in [0.3, 0.4) is 0 Å². The van der Waals surface area contributed by atoms with E-state index >= 15 is 0 Å². The summed E-state index contributed by atoms with van der Waals surface area (Å²) < 4.78 is 0. The lowest BCUT2D eigenvalue weighted by atomic mass is 9.94. The van der Waals surface area contributed by atoms with E-state index in [9.17, 15) is 0 Å². The lowest BCUT2D eigenvalue weighted by Crippen LogP contribution is -2.64. The Kier molecular flexibility index (Phi) is 5.76. The second-order valence-electron chi connectivity index (χ2n) is 2.99. The van der Waals surface area contributed by atoms with Gasteiger partial charge in [0.2, 0.25) is 0 Å². The fourth-order valence-corrected chi connectivity index (χ4v) is 0.803. The van der Waals surface area contributed by atoms with E-state index in [4.69, 9.17) is 0 Å². The molecule has 10 heavy (non-hydrogen) atoms. The Bertz CT molecular complexity index is 91.7. The van der Waals surface area contributed by atoms with Gasteiger partial charge in [0.15, 0.2) is 0 Å². The van der Waals surface area contributed by atoms with Crippen molar-refractivity contribution in [3.8, 4) is 0 Å². The smallest absolute Gasteiger partial charge is 0.0423 e. The quantitative estimate of drug-likeness (QED) is 0.651. The molecule has 1 saturated heterocycles. The molecule has 0 saturated carbocycles. The molecule has 0 unspecified atom stereocenters.